The fourth-order valence-corrected chi connectivity index (χ4v) is 1.73. The molecule has 5 heteroatoms. The highest BCUT2D eigenvalue weighted by molar-refractivity contribution is 6.49. The van der Waals surface area contributed by atoms with Gasteiger partial charge in [0.15, 0.2) is 0 Å². The van der Waals surface area contributed by atoms with E-state index in [1.165, 1.54) is 0 Å². The third-order valence-corrected chi connectivity index (χ3v) is 3.24. The maximum atomic E-state index is 10.4. The van der Waals surface area contributed by atoms with Crippen LogP contribution in [0.3, 0.4) is 0 Å². The Bertz CT molecular complexity index is 198. The second kappa shape index (κ2) is 7.31. The molecule has 1 atom stereocenters. The van der Waals surface area contributed by atoms with Gasteiger partial charge in [0.1, 0.15) is 4.33 Å². The number of carboxylic acid groups (broad SMARTS) is 1. The van der Waals surface area contributed by atoms with Gasteiger partial charge in [-0.15, -0.1) is 0 Å². The van der Waals surface area contributed by atoms with E-state index < -0.39 is 16.3 Å². The van der Waals surface area contributed by atoms with E-state index in [1.54, 1.807) is 0 Å². The molecule has 3 N–H and O–H groups in total. The first-order valence-electron chi connectivity index (χ1n) is 5.25. The largest absolute Gasteiger partial charge is 0.481 e. The first-order chi connectivity index (χ1) is 6.90. The number of halogens is 2. The van der Waals surface area contributed by atoms with E-state index in [9.17, 15) is 4.79 Å². The topological polar surface area (TPSA) is 63.3 Å². The summed E-state index contributed by atoms with van der Waals surface area (Å²) in [4.78, 5) is 10.4. The summed E-state index contributed by atoms with van der Waals surface area (Å²) < 4.78 is -1.12. The summed E-state index contributed by atoms with van der Waals surface area (Å²) in [5.41, 5.74) is 5.62. The summed E-state index contributed by atoms with van der Waals surface area (Å²) in [6.07, 6.45) is 4.56. The van der Waals surface area contributed by atoms with Crippen molar-refractivity contribution in [2.24, 2.45) is 5.73 Å². The third-order valence-electron chi connectivity index (χ3n) is 2.30. The lowest BCUT2D eigenvalue weighted by molar-refractivity contribution is -0.137. The molecule has 0 aliphatic heterocycles. The molecule has 90 valence electrons. The van der Waals surface area contributed by atoms with Gasteiger partial charge in [0, 0.05) is 6.04 Å². The van der Waals surface area contributed by atoms with Crippen LogP contribution in [0.25, 0.3) is 0 Å². The molecule has 0 aliphatic carbocycles. The van der Waals surface area contributed by atoms with Crippen LogP contribution in [0, 0.1) is 0 Å². The van der Waals surface area contributed by atoms with Gasteiger partial charge >= 0.3 is 5.97 Å². The molecular weight excluding hydrogens is 237 g/mol. The highest BCUT2D eigenvalue weighted by atomic mass is 35.5. The lowest BCUT2D eigenvalue weighted by Gasteiger charge is -2.25. The normalized spacial score (nSPS) is 13.9. The smallest absolute Gasteiger partial charge is 0.305 e. The predicted octanol–water partition coefficient (Wildman–Crippen LogP) is 2.93. The van der Waals surface area contributed by atoms with Crippen LogP contribution in [-0.4, -0.2) is 21.5 Å². The Balaban J connectivity index is 3.88. The number of hydrogen-bond donors (Lipinski definition) is 2. The number of unbranched alkanes of at least 4 members (excludes halogenated alkanes) is 3. The maximum Gasteiger partial charge on any atom is 0.305 e. The van der Waals surface area contributed by atoms with Crippen molar-refractivity contribution >= 4 is 29.2 Å². The molecule has 0 spiro atoms. The molecular formula is C10H19Cl2NO2. The van der Waals surface area contributed by atoms with Crippen LogP contribution in [0.4, 0.5) is 0 Å². The quantitative estimate of drug-likeness (QED) is 0.518. The van der Waals surface area contributed by atoms with Crippen molar-refractivity contribution in [2.45, 2.75) is 55.8 Å². The zero-order valence-corrected chi connectivity index (χ0v) is 10.5. The van der Waals surface area contributed by atoms with Crippen LogP contribution in [0.5, 0.6) is 0 Å². The van der Waals surface area contributed by atoms with E-state index in [4.69, 9.17) is 34.0 Å². The fraction of sp³-hybridized carbons (Fsp3) is 0.900. The molecule has 1 unspecified atom stereocenters. The number of carboxylic acids is 1. The Hall–Kier alpha value is 0.01000. The molecule has 0 saturated heterocycles. The van der Waals surface area contributed by atoms with E-state index in [1.807, 2.05) is 0 Å². The van der Waals surface area contributed by atoms with Crippen LogP contribution >= 0.6 is 23.2 Å². The zero-order chi connectivity index (χ0) is 11.9. The molecule has 15 heavy (non-hydrogen) atoms. The minimum atomic E-state index is -1.12. The summed E-state index contributed by atoms with van der Waals surface area (Å²) in [7, 11) is 0. The van der Waals surface area contributed by atoms with Gasteiger partial charge in [-0.2, -0.15) is 0 Å². The summed E-state index contributed by atoms with van der Waals surface area (Å²) in [5.74, 6) is -0.971. The van der Waals surface area contributed by atoms with Crippen LogP contribution in [0.1, 0.15) is 45.4 Å². The van der Waals surface area contributed by atoms with Gasteiger partial charge in [-0.1, -0.05) is 55.8 Å². The molecule has 0 radical (unpaired) electrons. The molecule has 0 heterocycles. The Morgan fingerprint density at radius 1 is 1.40 bits per heavy atom. The SMILES string of the molecule is CCCCCCC(Cl)(Cl)C(N)CC(=O)O. The minimum Gasteiger partial charge on any atom is -0.481 e. The number of nitrogens with two attached hydrogens (primary N) is 1. The van der Waals surface area contributed by atoms with E-state index >= 15 is 0 Å². The van der Waals surface area contributed by atoms with Crippen LogP contribution in [0.15, 0.2) is 0 Å². The molecule has 0 bridgehead atoms. The van der Waals surface area contributed by atoms with Gasteiger partial charge in [0.05, 0.1) is 6.42 Å². The number of aliphatic carboxylic acids is 1. The molecule has 0 aromatic rings. The lowest BCUT2D eigenvalue weighted by atomic mass is 10.0. The average Bonchev–Trinajstić information content (AvgIpc) is 2.11. The molecule has 0 rings (SSSR count). The molecule has 3 nitrogen and oxygen atoms in total. The van der Waals surface area contributed by atoms with E-state index in [-0.39, 0.29) is 6.42 Å². The van der Waals surface area contributed by atoms with E-state index in [2.05, 4.69) is 6.92 Å². The fourth-order valence-electron chi connectivity index (χ4n) is 1.31. The summed E-state index contributed by atoms with van der Waals surface area (Å²) in [6.45, 7) is 2.12. The first-order valence-corrected chi connectivity index (χ1v) is 6.01. The van der Waals surface area contributed by atoms with Gasteiger partial charge in [-0.3, -0.25) is 4.79 Å². The van der Waals surface area contributed by atoms with E-state index in [0.29, 0.717) is 6.42 Å². The van der Waals surface area contributed by atoms with Crippen molar-refractivity contribution in [1.82, 2.24) is 0 Å². The molecule has 0 amide bonds. The average molecular weight is 256 g/mol. The molecule has 0 fully saturated rings. The van der Waals surface area contributed by atoms with Crippen LogP contribution in [-0.2, 0) is 4.79 Å². The summed E-state index contributed by atoms with van der Waals surface area (Å²) in [6, 6.07) is -0.708. The van der Waals surface area contributed by atoms with Gasteiger partial charge < -0.3 is 10.8 Å². The molecule has 0 aromatic heterocycles. The van der Waals surface area contributed by atoms with Crippen LogP contribution in [0.2, 0.25) is 0 Å². The summed E-state index contributed by atoms with van der Waals surface area (Å²) >= 11 is 12.0. The Labute approximate surface area is 101 Å². The monoisotopic (exact) mass is 255 g/mol. The zero-order valence-electron chi connectivity index (χ0n) is 9.01. The predicted molar refractivity (Wildman–Crippen MR) is 63.4 cm³/mol. The van der Waals surface area contributed by atoms with Crippen molar-refractivity contribution < 1.29 is 9.90 Å². The van der Waals surface area contributed by atoms with E-state index in [0.717, 1.165) is 25.7 Å². The maximum absolute atomic E-state index is 10.4. The second-order valence-corrected chi connectivity index (χ2v) is 5.32. The van der Waals surface area contributed by atoms with Crippen molar-refractivity contribution in [3.8, 4) is 0 Å². The van der Waals surface area contributed by atoms with Gasteiger partial charge in [0.25, 0.3) is 0 Å². The summed E-state index contributed by atoms with van der Waals surface area (Å²) in [5, 5.41) is 8.56. The highest BCUT2D eigenvalue weighted by Gasteiger charge is 2.32. The Kier molecular flexibility index (Phi) is 7.32. The van der Waals surface area contributed by atoms with Gasteiger partial charge in [-0.25, -0.2) is 0 Å². The molecule has 0 aromatic carbocycles. The number of alkyl halides is 2. The lowest BCUT2D eigenvalue weighted by Crippen LogP contribution is -2.40. The molecule has 0 saturated carbocycles. The Morgan fingerprint density at radius 2 is 2.00 bits per heavy atom. The number of carbonyl (C=O) groups is 1. The van der Waals surface area contributed by atoms with Gasteiger partial charge in [-0.05, 0) is 6.42 Å². The third kappa shape index (κ3) is 6.98. The highest BCUT2D eigenvalue weighted by Crippen LogP contribution is 2.32. The standard InChI is InChI=1S/C10H19Cl2NO2/c1-2-3-4-5-6-10(11,12)8(13)7-9(14)15/h8H,2-7,13H2,1H3,(H,14,15). The van der Waals surface area contributed by atoms with Crippen molar-refractivity contribution in [1.29, 1.82) is 0 Å². The van der Waals surface area contributed by atoms with Crippen molar-refractivity contribution in [2.75, 3.05) is 0 Å². The first kappa shape index (κ1) is 15.0. The number of rotatable bonds is 8. The van der Waals surface area contributed by atoms with Gasteiger partial charge in [0.2, 0.25) is 0 Å². The van der Waals surface area contributed by atoms with Crippen molar-refractivity contribution in [3.63, 3.8) is 0 Å². The second-order valence-electron chi connectivity index (χ2n) is 3.78. The van der Waals surface area contributed by atoms with Crippen molar-refractivity contribution in [3.05, 3.63) is 0 Å². The van der Waals surface area contributed by atoms with Crippen LogP contribution < -0.4 is 5.73 Å². The molecule has 0 aliphatic rings. The minimum absolute atomic E-state index is 0.194. The Morgan fingerprint density at radius 3 is 2.47 bits per heavy atom. The number of hydrogen-bond acceptors (Lipinski definition) is 2.